The average molecular weight is 362 g/mol. The minimum Gasteiger partial charge on any atom is -0.355 e. The minimum atomic E-state index is -0.242. The molecule has 0 fully saturated rings. The van der Waals surface area contributed by atoms with Gasteiger partial charge in [-0.25, -0.2) is 0 Å². The first kappa shape index (κ1) is 21.6. The van der Waals surface area contributed by atoms with E-state index in [-0.39, 0.29) is 37.4 Å². The van der Waals surface area contributed by atoms with Crippen molar-refractivity contribution in [1.82, 2.24) is 15.1 Å². The molecule has 7 heteroatoms. The number of nitrogens with one attached hydrogen (secondary N) is 2. The summed E-state index contributed by atoms with van der Waals surface area (Å²) in [6.07, 6.45) is 0.816. The average Bonchev–Trinajstić information content (AvgIpc) is 2.61. The Balaban J connectivity index is 2.54. The SMILES string of the molecule is CCNC(=O)CN(CC)CC(=O)N(C)CC(=O)Nc1ccccc1CC. The second-order valence-electron chi connectivity index (χ2n) is 6.07. The summed E-state index contributed by atoms with van der Waals surface area (Å²) in [7, 11) is 1.59. The Morgan fingerprint density at radius 2 is 1.65 bits per heavy atom. The van der Waals surface area contributed by atoms with Crippen LogP contribution in [0.4, 0.5) is 5.69 Å². The highest BCUT2D eigenvalue weighted by atomic mass is 16.2. The smallest absolute Gasteiger partial charge is 0.243 e. The van der Waals surface area contributed by atoms with Crippen LogP contribution < -0.4 is 10.6 Å². The molecule has 3 amide bonds. The molecule has 0 aromatic heterocycles. The summed E-state index contributed by atoms with van der Waals surface area (Å²) in [6.45, 7) is 7.13. The van der Waals surface area contributed by atoms with Gasteiger partial charge in [-0.3, -0.25) is 19.3 Å². The summed E-state index contributed by atoms with van der Waals surface area (Å²) < 4.78 is 0. The van der Waals surface area contributed by atoms with Crippen molar-refractivity contribution in [3.05, 3.63) is 29.8 Å². The van der Waals surface area contributed by atoms with Crippen molar-refractivity contribution in [3.63, 3.8) is 0 Å². The van der Waals surface area contributed by atoms with Crippen molar-refractivity contribution < 1.29 is 14.4 Å². The lowest BCUT2D eigenvalue weighted by atomic mass is 10.1. The number of amides is 3. The van der Waals surface area contributed by atoms with Crippen LogP contribution in [0.25, 0.3) is 0 Å². The Bertz CT molecular complexity index is 619. The van der Waals surface area contributed by atoms with Crippen LogP contribution in [0, 0.1) is 0 Å². The zero-order chi connectivity index (χ0) is 19.5. The van der Waals surface area contributed by atoms with E-state index in [1.165, 1.54) is 4.90 Å². The molecular formula is C19H30N4O3. The lowest BCUT2D eigenvalue weighted by molar-refractivity contribution is -0.135. The van der Waals surface area contributed by atoms with Crippen LogP contribution >= 0.6 is 0 Å². The fourth-order valence-corrected chi connectivity index (χ4v) is 2.49. The molecule has 144 valence electrons. The molecule has 0 atom stereocenters. The van der Waals surface area contributed by atoms with Gasteiger partial charge in [0.2, 0.25) is 17.7 Å². The maximum absolute atomic E-state index is 12.3. The number of benzene rings is 1. The number of rotatable bonds is 10. The summed E-state index contributed by atoms with van der Waals surface area (Å²) in [5, 5.41) is 5.57. The van der Waals surface area contributed by atoms with Crippen molar-refractivity contribution in [2.75, 3.05) is 45.1 Å². The summed E-state index contributed by atoms with van der Waals surface area (Å²) in [4.78, 5) is 39.4. The highest BCUT2D eigenvalue weighted by Gasteiger charge is 2.18. The Morgan fingerprint density at radius 1 is 0.962 bits per heavy atom. The third-order valence-corrected chi connectivity index (χ3v) is 4.03. The highest BCUT2D eigenvalue weighted by Crippen LogP contribution is 2.15. The molecule has 0 bridgehead atoms. The number of carbonyl (C=O) groups excluding carboxylic acids is 3. The molecule has 1 aromatic carbocycles. The topological polar surface area (TPSA) is 81.8 Å². The normalized spacial score (nSPS) is 10.5. The largest absolute Gasteiger partial charge is 0.355 e. The second kappa shape index (κ2) is 11.3. The van der Waals surface area contributed by atoms with Gasteiger partial charge in [-0.2, -0.15) is 0 Å². The Morgan fingerprint density at radius 3 is 2.27 bits per heavy atom. The Kier molecular flexibility index (Phi) is 9.36. The molecule has 0 spiro atoms. The number of hydrogen-bond acceptors (Lipinski definition) is 4. The third kappa shape index (κ3) is 7.23. The van der Waals surface area contributed by atoms with Gasteiger partial charge in [0.15, 0.2) is 0 Å². The Hall–Kier alpha value is -2.41. The number of para-hydroxylation sites is 1. The van der Waals surface area contributed by atoms with E-state index >= 15 is 0 Å². The molecule has 0 saturated heterocycles. The van der Waals surface area contributed by atoms with Gasteiger partial charge >= 0.3 is 0 Å². The van der Waals surface area contributed by atoms with Crippen LogP contribution in [0.1, 0.15) is 26.3 Å². The lowest BCUT2D eigenvalue weighted by Gasteiger charge is -2.23. The van der Waals surface area contributed by atoms with E-state index in [9.17, 15) is 14.4 Å². The molecule has 0 radical (unpaired) electrons. The fraction of sp³-hybridized carbons (Fsp3) is 0.526. The van der Waals surface area contributed by atoms with Gasteiger partial charge in [-0.15, -0.1) is 0 Å². The molecule has 26 heavy (non-hydrogen) atoms. The third-order valence-electron chi connectivity index (χ3n) is 4.03. The molecule has 0 aliphatic carbocycles. The number of aryl methyl sites for hydroxylation is 1. The zero-order valence-electron chi connectivity index (χ0n) is 16.2. The molecule has 0 heterocycles. The predicted molar refractivity (Wildman–Crippen MR) is 103 cm³/mol. The van der Waals surface area contributed by atoms with Gasteiger partial charge < -0.3 is 15.5 Å². The first-order valence-electron chi connectivity index (χ1n) is 9.01. The number of nitrogens with zero attached hydrogens (tertiary/aromatic N) is 2. The van der Waals surface area contributed by atoms with Crippen LogP contribution in [-0.4, -0.2) is 67.3 Å². The van der Waals surface area contributed by atoms with Crippen LogP contribution in [0.3, 0.4) is 0 Å². The molecular weight excluding hydrogens is 332 g/mol. The van der Waals surface area contributed by atoms with Gasteiger partial charge in [-0.1, -0.05) is 32.0 Å². The molecule has 0 aliphatic rings. The fourth-order valence-electron chi connectivity index (χ4n) is 2.49. The Labute approximate surface area is 155 Å². The van der Waals surface area contributed by atoms with Crippen LogP contribution in [-0.2, 0) is 20.8 Å². The zero-order valence-corrected chi connectivity index (χ0v) is 16.2. The van der Waals surface area contributed by atoms with Gasteiger partial charge in [0.05, 0.1) is 19.6 Å². The van der Waals surface area contributed by atoms with Gasteiger partial charge in [0.25, 0.3) is 0 Å². The standard InChI is InChI=1S/C19H30N4O3/c1-5-15-10-8-9-11-16(15)21-18(25)12-22(4)19(26)14-23(7-3)13-17(24)20-6-2/h8-11H,5-7,12-14H2,1-4H3,(H,20,24)(H,21,25). The van der Waals surface area contributed by atoms with Crippen LogP contribution in [0.2, 0.25) is 0 Å². The molecule has 0 aliphatic heterocycles. The maximum atomic E-state index is 12.3. The number of anilines is 1. The van der Waals surface area contributed by atoms with Crippen LogP contribution in [0.5, 0.6) is 0 Å². The summed E-state index contributed by atoms with van der Waals surface area (Å²) in [6, 6.07) is 7.61. The number of likely N-dealkylation sites (N-methyl/N-ethyl adjacent to an activating group) is 3. The van der Waals surface area contributed by atoms with E-state index in [1.807, 2.05) is 45.0 Å². The van der Waals surface area contributed by atoms with E-state index < -0.39 is 0 Å². The maximum Gasteiger partial charge on any atom is 0.243 e. The lowest BCUT2D eigenvalue weighted by Crippen LogP contribution is -2.44. The first-order valence-corrected chi connectivity index (χ1v) is 9.01. The van der Waals surface area contributed by atoms with E-state index in [4.69, 9.17) is 0 Å². The van der Waals surface area contributed by atoms with E-state index in [0.717, 1.165) is 17.7 Å². The van der Waals surface area contributed by atoms with Crippen molar-refractivity contribution in [2.45, 2.75) is 27.2 Å². The van der Waals surface area contributed by atoms with Crippen molar-refractivity contribution in [1.29, 1.82) is 0 Å². The first-order chi connectivity index (χ1) is 12.4. The number of hydrogen-bond donors (Lipinski definition) is 2. The van der Waals surface area contributed by atoms with Crippen molar-refractivity contribution >= 4 is 23.4 Å². The van der Waals surface area contributed by atoms with E-state index in [1.54, 1.807) is 11.9 Å². The molecule has 1 rings (SSSR count). The molecule has 1 aromatic rings. The summed E-state index contributed by atoms with van der Waals surface area (Å²) in [5.74, 6) is -0.553. The summed E-state index contributed by atoms with van der Waals surface area (Å²) in [5.41, 5.74) is 1.82. The van der Waals surface area contributed by atoms with Gasteiger partial charge in [-0.05, 0) is 31.5 Å². The molecule has 0 saturated carbocycles. The molecule has 0 unspecified atom stereocenters. The monoisotopic (exact) mass is 362 g/mol. The van der Waals surface area contributed by atoms with E-state index in [2.05, 4.69) is 10.6 Å². The molecule has 7 nitrogen and oxygen atoms in total. The van der Waals surface area contributed by atoms with Crippen molar-refractivity contribution in [3.8, 4) is 0 Å². The predicted octanol–water partition coefficient (Wildman–Crippen LogP) is 1.10. The highest BCUT2D eigenvalue weighted by molar-refractivity contribution is 5.95. The van der Waals surface area contributed by atoms with Gasteiger partial charge in [0.1, 0.15) is 0 Å². The number of carbonyl (C=O) groups is 3. The second-order valence-corrected chi connectivity index (χ2v) is 6.07. The van der Waals surface area contributed by atoms with Crippen molar-refractivity contribution in [2.24, 2.45) is 0 Å². The summed E-state index contributed by atoms with van der Waals surface area (Å²) >= 11 is 0. The quantitative estimate of drug-likeness (QED) is 0.653. The minimum absolute atomic E-state index is 0.0322. The van der Waals surface area contributed by atoms with Gasteiger partial charge in [0, 0.05) is 19.3 Å². The van der Waals surface area contributed by atoms with E-state index in [0.29, 0.717) is 13.1 Å². The molecule has 2 N–H and O–H groups in total. The van der Waals surface area contributed by atoms with Crippen LogP contribution in [0.15, 0.2) is 24.3 Å².